The monoisotopic (exact) mass is 263 g/mol. The molecule has 1 unspecified atom stereocenters. The van der Waals surface area contributed by atoms with Crippen LogP contribution < -0.4 is 5.32 Å². The zero-order chi connectivity index (χ0) is 14.3. The van der Waals surface area contributed by atoms with Gasteiger partial charge in [0.25, 0.3) is 0 Å². The molecule has 1 rings (SSSR count). The maximum Gasteiger partial charge on any atom is 0.0370 e. The first kappa shape index (κ1) is 16.0. The van der Waals surface area contributed by atoms with Crippen LogP contribution in [0.2, 0.25) is 0 Å². The Morgan fingerprint density at radius 3 is 2.47 bits per heavy atom. The van der Waals surface area contributed by atoms with Crippen molar-refractivity contribution in [1.29, 1.82) is 0 Å². The van der Waals surface area contributed by atoms with Gasteiger partial charge in [0.05, 0.1) is 0 Å². The molecule has 0 spiro atoms. The van der Waals surface area contributed by atoms with Gasteiger partial charge in [-0.3, -0.25) is 4.90 Å². The van der Waals surface area contributed by atoms with Crippen molar-refractivity contribution in [2.24, 2.45) is 0 Å². The Bertz CT molecular complexity index is 363. The summed E-state index contributed by atoms with van der Waals surface area (Å²) in [7, 11) is 4.27. The van der Waals surface area contributed by atoms with Crippen LogP contribution in [0.25, 0.3) is 0 Å². The fourth-order valence-corrected chi connectivity index (χ4v) is 2.44. The molecule has 0 aliphatic carbocycles. The number of aryl methyl sites for hydroxylation is 1. The molecule has 0 heterocycles. The van der Waals surface area contributed by atoms with E-state index in [0.717, 1.165) is 26.2 Å². The van der Waals surface area contributed by atoms with Gasteiger partial charge in [-0.05, 0) is 46.1 Å². The van der Waals surface area contributed by atoms with Crippen molar-refractivity contribution in [1.82, 2.24) is 9.80 Å². The van der Waals surface area contributed by atoms with Gasteiger partial charge in [-0.2, -0.15) is 0 Å². The van der Waals surface area contributed by atoms with Crippen LogP contribution in [-0.2, 0) is 0 Å². The Balaban J connectivity index is 2.39. The van der Waals surface area contributed by atoms with E-state index >= 15 is 0 Å². The molecular formula is C16H29N3. The van der Waals surface area contributed by atoms with Crippen LogP contribution in [-0.4, -0.2) is 56.1 Å². The van der Waals surface area contributed by atoms with Crippen LogP contribution >= 0.6 is 0 Å². The third-order valence-electron chi connectivity index (χ3n) is 3.52. The summed E-state index contributed by atoms with van der Waals surface area (Å²) in [6, 6.07) is 9.06. The number of rotatable bonds is 8. The lowest BCUT2D eigenvalue weighted by Crippen LogP contribution is -2.42. The van der Waals surface area contributed by atoms with Crippen molar-refractivity contribution in [3.63, 3.8) is 0 Å². The van der Waals surface area contributed by atoms with Gasteiger partial charge in [0.2, 0.25) is 0 Å². The van der Waals surface area contributed by atoms with Gasteiger partial charge < -0.3 is 10.2 Å². The number of nitrogens with one attached hydrogen (secondary N) is 1. The third-order valence-corrected chi connectivity index (χ3v) is 3.52. The molecule has 3 heteroatoms. The van der Waals surface area contributed by atoms with E-state index < -0.39 is 0 Å². The van der Waals surface area contributed by atoms with Crippen LogP contribution in [0.15, 0.2) is 24.3 Å². The van der Waals surface area contributed by atoms with Gasteiger partial charge in [-0.1, -0.05) is 25.1 Å². The number of likely N-dealkylation sites (N-methyl/N-ethyl adjacent to an activating group) is 2. The molecule has 1 atom stereocenters. The highest BCUT2D eigenvalue weighted by molar-refractivity contribution is 5.50. The highest BCUT2D eigenvalue weighted by Crippen LogP contribution is 2.12. The van der Waals surface area contributed by atoms with Crippen molar-refractivity contribution in [2.75, 3.05) is 45.6 Å². The molecular weight excluding hydrogens is 234 g/mol. The lowest BCUT2D eigenvalue weighted by atomic mass is 10.2. The first-order valence-corrected chi connectivity index (χ1v) is 7.22. The molecule has 0 saturated carbocycles. The summed E-state index contributed by atoms with van der Waals surface area (Å²) in [6.07, 6.45) is 0. The van der Waals surface area contributed by atoms with Crippen molar-refractivity contribution >= 4 is 5.69 Å². The van der Waals surface area contributed by atoms with Gasteiger partial charge in [-0.15, -0.1) is 0 Å². The van der Waals surface area contributed by atoms with E-state index in [2.05, 4.69) is 74.2 Å². The Labute approximate surface area is 118 Å². The van der Waals surface area contributed by atoms with E-state index in [4.69, 9.17) is 0 Å². The highest BCUT2D eigenvalue weighted by atomic mass is 15.2. The summed E-state index contributed by atoms with van der Waals surface area (Å²) in [5.74, 6) is 0. The molecule has 1 aromatic rings. The van der Waals surface area contributed by atoms with Crippen molar-refractivity contribution in [3.05, 3.63) is 29.8 Å². The first-order valence-electron chi connectivity index (χ1n) is 7.22. The van der Waals surface area contributed by atoms with Gasteiger partial charge in [-0.25, -0.2) is 0 Å². The molecule has 108 valence electrons. The van der Waals surface area contributed by atoms with E-state index in [-0.39, 0.29) is 0 Å². The minimum atomic E-state index is 0.596. The van der Waals surface area contributed by atoms with Crippen molar-refractivity contribution in [2.45, 2.75) is 26.8 Å². The molecule has 19 heavy (non-hydrogen) atoms. The largest absolute Gasteiger partial charge is 0.384 e. The second-order valence-electron chi connectivity index (χ2n) is 5.48. The minimum Gasteiger partial charge on any atom is -0.384 e. The molecule has 1 N–H and O–H groups in total. The Morgan fingerprint density at radius 1 is 1.21 bits per heavy atom. The molecule has 3 nitrogen and oxygen atoms in total. The summed E-state index contributed by atoms with van der Waals surface area (Å²) >= 11 is 0. The summed E-state index contributed by atoms with van der Waals surface area (Å²) in [6.45, 7) is 11.0. The molecule has 0 radical (unpaired) electrons. The average molecular weight is 263 g/mol. The number of hydrogen-bond donors (Lipinski definition) is 1. The smallest absolute Gasteiger partial charge is 0.0370 e. The topological polar surface area (TPSA) is 18.5 Å². The number of para-hydroxylation sites is 1. The zero-order valence-electron chi connectivity index (χ0n) is 13.1. The number of benzene rings is 1. The molecule has 0 aliphatic heterocycles. The summed E-state index contributed by atoms with van der Waals surface area (Å²) in [5, 5.41) is 3.53. The predicted molar refractivity (Wildman–Crippen MR) is 84.9 cm³/mol. The van der Waals surface area contributed by atoms with E-state index in [1.165, 1.54) is 11.3 Å². The quantitative estimate of drug-likeness (QED) is 0.778. The maximum absolute atomic E-state index is 3.53. The molecule has 0 saturated heterocycles. The second kappa shape index (κ2) is 8.18. The van der Waals surface area contributed by atoms with Crippen LogP contribution in [0.5, 0.6) is 0 Å². The molecule has 0 fully saturated rings. The Hall–Kier alpha value is -1.06. The molecule has 0 bridgehead atoms. The molecule has 0 aromatic heterocycles. The average Bonchev–Trinajstić information content (AvgIpc) is 2.35. The van der Waals surface area contributed by atoms with Gasteiger partial charge in [0, 0.05) is 31.4 Å². The van der Waals surface area contributed by atoms with Gasteiger partial charge in [0.15, 0.2) is 0 Å². The van der Waals surface area contributed by atoms with E-state index in [1.54, 1.807) is 0 Å². The predicted octanol–water partition coefficient (Wildman–Crippen LogP) is 2.68. The number of nitrogens with zero attached hydrogens (tertiary/aromatic N) is 2. The van der Waals surface area contributed by atoms with Crippen LogP contribution in [0, 0.1) is 6.92 Å². The number of anilines is 1. The van der Waals surface area contributed by atoms with Gasteiger partial charge in [0.1, 0.15) is 0 Å². The lowest BCUT2D eigenvalue weighted by molar-refractivity contribution is 0.188. The lowest BCUT2D eigenvalue weighted by Gasteiger charge is -2.30. The Morgan fingerprint density at radius 2 is 1.89 bits per heavy atom. The van der Waals surface area contributed by atoms with E-state index in [9.17, 15) is 0 Å². The molecule has 1 aromatic carbocycles. The highest BCUT2D eigenvalue weighted by Gasteiger charge is 2.12. The van der Waals surface area contributed by atoms with Crippen molar-refractivity contribution < 1.29 is 0 Å². The SMILES string of the molecule is CCN(CCNc1ccccc1C)C(C)CN(C)C. The van der Waals surface area contributed by atoms with Gasteiger partial charge >= 0.3 is 0 Å². The maximum atomic E-state index is 3.53. The minimum absolute atomic E-state index is 0.596. The normalized spacial score (nSPS) is 13.0. The second-order valence-corrected chi connectivity index (χ2v) is 5.48. The fraction of sp³-hybridized carbons (Fsp3) is 0.625. The fourth-order valence-electron chi connectivity index (χ4n) is 2.44. The number of hydrogen-bond acceptors (Lipinski definition) is 3. The molecule has 0 amide bonds. The zero-order valence-corrected chi connectivity index (χ0v) is 13.1. The Kier molecular flexibility index (Phi) is 6.89. The van der Waals surface area contributed by atoms with Crippen LogP contribution in [0.4, 0.5) is 5.69 Å². The summed E-state index contributed by atoms with van der Waals surface area (Å²) < 4.78 is 0. The van der Waals surface area contributed by atoms with Crippen molar-refractivity contribution in [3.8, 4) is 0 Å². The van der Waals surface area contributed by atoms with Crippen LogP contribution in [0.1, 0.15) is 19.4 Å². The standard InChI is InChI=1S/C16H29N3/c1-6-19(15(3)13-18(4)5)12-11-17-16-10-8-7-9-14(16)2/h7-10,15,17H,6,11-13H2,1-5H3. The molecule has 0 aliphatic rings. The van der Waals surface area contributed by atoms with Crippen LogP contribution in [0.3, 0.4) is 0 Å². The third kappa shape index (κ3) is 5.62. The summed E-state index contributed by atoms with van der Waals surface area (Å²) in [4.78, 5) is 4.77. The van der Waals surface area contributed by atoms with E-state index in [1.807, 2.05) is 0 Å². The first-order chi connectivity index (χ1) is 9.04. The van der Waals surface area contributed by atoms with E-state index in [0.29, 0.717) is 6.04 Å². The summed E-state index contributed by atoms with van der Waals surface area (Å²) in [5.41, 5.74) is 2.56.